The van der Waals surface area contributed by atoms with Crippen LogP contribution in [0.1, 0.15) is 5.56 Å². The summed E-state index contributed by atoms with van der Waals surface area (Å²) in [6.45, 7) is 0. The van der Waals surface area contributed by atoms with Crippen LogP contribution in [-0.2, 0) is 0 Å². The summed E-state index contributed by atoms with van der Waals surface area (Å²) in [6, 6.07) is 8.94. The van der Waals surface area contributed by atoms with Crippen LogP contribution in [0.25, 0.3) is 11.3 Å². The Balaban J connectivity index is 2.10. The van der Waals surface area contributed by atoms with Crippen LogP contribution in [0.5, 0.6) is 28.7 Å². The van der Waals surface area contributed by atoms with Gasteiger partial charge in [-0.25, -0.2) is 4.68 Å². The van der Waals surface area contributed by atoms with Crippen molar-refractivity contribution in [2.45, 2.75) is 0 Å². The predicted molar refractivity (Wildman–Crippen MR) is 117 cm³/mol. The lowest BCUT2D eigenvalue weighted by Gasteiger charge is -2.11. The summed E-state index contributed by atoms with van der Waals surface area (Å²) < 4.78 is 23.0. The SMILES string of the molecule is CN=c1scc(-c2ccc(OC)cc2OC)n1N=Cc1cc(OC)c(O)c(OC)c1. The highest BCUT2D eigenvalue weighted by molar-refractivity contribution is 7.07. The number of nitrogens with zero attached hydrogens (tertiary/aromatic N) is 3. The van der Waals surface area contributed by atoms with Gasteiger partial charge in [0.15, 0.2) is 11.5 Å². The first-order chi connectivity index (χ1) is 14.6. The van der Waals surface area contributed by atoms with E-state index in [4.69, 9.17) is 18.9 Å². The van der Waals surface area contributed by atoms with E-state index in [1.54, 1.807) is 44.3 Å². The summed E-state index contributed by atoms with van der Waals surface area (Å²) in [7, 11) is 7.88. The van der Waals surface area contributed by atoms with Crippen LogP contribution in [0.2, 0.25) is 0 Å². The Morgan fingerprint density at radius 1 is 0.933 bits per heavy atom. The minimum Gasteiger partial charge on any atom is -0.502 e. The first kappa shape index (κ1) is 21.3. The van der Waals surface area contributed by atoms with Crippen LogP contribution in [0.3, 0.4) is 0 Å². The third-order valence-corrected chi connectivity index (χ3v) is 5.29. The first-order valence-electron chi connectivity index (χ1n) is 8.91. The molecule has 0 saturated carbocycles. The number of benzene rings is 2. The molecule has 0 spiro atoms. The number of phenols is 1. The molecule has 1 aromatic heterocycles. The Morgan fingerprint density at radius 3 is 2.17 bits per heavy atom. The van der Waals surface area contributed by atoms with E-state index in [2.05, 4.69) is 10.1 Å². The number of ether oxygens (including phenoxy) is 4. The molecular formula is C21H23N3O5S. The number of hydrogen-bond acceptors (Lipinski definition) is 8. The zero-order valence-electron chi connectivity index (χ0n) is 17.4. The Morgan fingerprint density at radius 2 is 1.60 bits per heavy atom. The Kier molecular flexibility index (Phi) is 6.63. The summed E-state index contributed by atoms with van der Waals surface area (Å²) in [5, 5.41) is 16.7. The van der Waals surface area contributed by atoms with Crippen molar-refractivity contribution in [2.24, 2.45) is 10.1 Å². The second-order valence-corrected chi connectivity index (χ2v) is 6.86. The van der Waals surface area contributed by atoms with E-state index in [1.807, 2.05) is 23.6 Å². The molecule has 0 aliphatic heterocycles. The predicted octanol–water partition coefficient (Wildman–Crippen LogP) is 3.37. The third kappa shape index (κ3) is 4.11. The fraction of sp³-hybridized carbons (Fsp3) is 0.238. The van der Waals surface area contributed by atoms with E-state index in [0.717, 1.165) is 11.3 Å². The molecule has 3 rings (SSSR count). The molecule has 0 fully saturated rings. The molecule has 3 aromatic rings. The van der Waals surface area contributed by atoms with Crippen LogP contribution in [0.4, 0.5) is 0 Å². The van der Waals surface area contributed by atoms with Crippen LogP contribution < -0.4 is 23.7 Å². The summed E-state index contributed by atoms with van der Waals surface area (Å²) >= 11 is 1.46. The second kappa shape index (κ2) is 9.36. The normalized spacial score (nSPS) is 11.7. The topological polar surface area (TPSA) is 86.8 Å². The van der Waals surface area contributed by atoms with Crippen LogP contribution in [0, 0.1) is 0 Å². The average molecular weight is 429 g/mol. The third-order valence-electron chi connectivity index (χ3n) is 4.39. The van der Waals surface area contributed by atoms with E-state index in [0.29, 0.717) is 33.4 Å². The number of hydrogen-bond donors (Lipinski definition) is 1. The number of thiazole rings is 1. The molecule has 30 heavy (non-hydrogen) atoms. The lowest BCUT2D eigenvalue weighted by Crippen LogP contribution is -2.11. The molecule has 158 valence electrons. The fourth-order valence-corrected chi connectivity index (χ4v) is 3.67. The maximum Gasteiger partial charge on any atom is 0.205 e. The summed E-state index contributed by atoms with van der Waals surface area (Å²) in [5.74, 6) is 1.89. The van der Waals surface area contributed by atoms with Crippen LogP contribution in [-0.4, -0.2) is 51.5 Å². The van der Waals surface area contributed by atoms with Gasteiger partial charge in [0.2, 0.25) is 10.6 Å². The smallest absolute Gasteiger partial charge is 0.205 e. The minimum atomic E-state index is -0.0618. The molecule has 2 aromatic carbocycles. The molecule has 0 radical (unpaired) electrons. The van der Waals surface area contributed by atoms with Gasteiger partial charge in [-0.2, -0.15) is 5.10 Å². The van der Waals surface area contributed by atoms with Crippen LogP contribution in [0.15, 0.2) is 45.8 Å². The van der Waals surface area contributed by atoms with E-state index in [9.17, 15) is 5.11 Å². The molecule has 0 atom stereocenters. The van der Waals surface area contributed by atoms with Crippen molar-refractivity contribution in [3.8, 4) is 40.0 Å². The minimum absolute atomic E-state index is 0.0618. The van der Waals surface area contributed by atoms with Gasteiger partial charge in [0, 0.05) is 29.6 Å². The molecule has 0 bridgehead atoms. The monoisotopic (exact) mass is 429 g/mol. The maximum atomic E-state index is 10.1. The van der Waals surface area contributed by atoms with E-state index in [-0.39, 0.29) is 5.75 Å². The summed E-state index contributed by atoms with van der Waals surface area (Å²) in [4.78, 5) is 5.02. The van der Waals surface area contributed by atoms with Gasteiger partial charge in [0.1, 0.15) is 11.5 Å². The average Bonchev–Trinajstić information content (AvgIpc) is 3.20. The van der Waals surface area contributed by atoms with Crippen LogP contribution >= 0.6 is 11.3 Å². The zero-order chi connectivity index (χ0) is 21.7. The van der Waals surface area contributed by atoms with Gasteiger partial charge in [-0.05, 0) is 24.3 Å². The number of phenolic OH excluding ortho intramolecular Hbond substituents is 1. The van der Waals surface area contributed by atoms with Crippen molar-refractivity contribution in [3.05, 3.63) is 46.1 Å². The first-order valence-corrected chi connectivity index (χ1v) is 9.79. The number of aromatic hydroxyl groups is 1. The van der Waals surface area contributed by atoms with E-state index < -0.39 is 0 Å². The van der Waals surface area contributed by atoms with Crippen molar-refractivity contribution in [1.29, 1.82) is 0 Å². The Bertz CT molecular complexity index is 1110. The molecule has 0 unspecified atom stereocenters. The second-order valence-electron chi connectivity index (χ2n) is 6.02. The zero-order valence-corrected chi connectivity index (χ0v) is 18.2. The maximum absolute atomic E-state index is 10.1. The number of aromatic nitrogens is 1. The molecule has 0 saturated heterocycles. The molecule has 0 aliphatic rings. The van der Waals surface area contributed by atoms with Crippen molar-refractivity contribution >= 4 is 17.6 Å². The highest BCUT2D eigenvalue weighted by atomic mass is 32.1. The summed E-state index contributed by atoms with van der Waals surface area (Å²) in [5.41, 5.74) is 2.35. The van der Waals surface area contributed by atoms with Gasteiger partial charge in [-0.15, -0.1) is 11.3 Å². The largest absolute Gasteiger partial charge is 0.502 e. The highest BCUT2D eigenvalue weighted by Gasteiger charge is 2.14. The van der Waals surface area contributed by atoms with E-state index in [1.165, 1.54) is 25.6 Å². The standard InChI is InChI=1S/C21H23N3O5S/c1-22-21-24(23-11-13-8-18(28-4)20(25)19(9-13)29-5)16(12-30-21)15-7-6-14(26-2)10-17(15)27-3/h6-12,25H,1-5H3. The molecule has 0 aliphatic carbocycles. The van der Waals surface area contributed by atoms with Gasteiger partial charge < -0.3 is 24.1 Å². The van der Waals surface area contributed by atoms with Gasteiger partial charge in [0.25, 0.3) is 0 Å². The number of methoxy groups -OCH3 is 4. The summed E-state index contributed by atoms with van der Waals surface area (Å²) in [6.07, 6.45) is 1.64. The van der Waals surface area contributed by atoms with Gasteiger partial charge in [-0.3, -0.25) is 4.99 Å². The Hall–Kier alpha value is -3.46. The van der Waals surface area contributed by atoms with Gasteiger partial charge >= 0.3 is 0 Å². The van der Waals surface area contributed by atoms with E-state index >= 15 is 0 Å². The van der Waals surface area contributed by atoms with Crippen molar-refractivity contribution in [3.63, 3.8) is 0 Å². The Labute approximate surface area is 178 Å². The molecule has 1 heterocycles. The van der Waals surface area contributed by atoms with Crippen molar-refractivity contribution < 1.29 is 24.1 Å². The van der Waals surface area contributed by atoms with Crippen molar-refractivity contribution in [1.82, 2.24) is 4.68 Å². The molecular weight excluding hydrogens is 406 g/mol. The molecule has 8 nitrogen and oxygen atoms in total. The molecule has 1 N–H and O–H groups in total. The van der Waals surface area contributed by atoms with Gasteiger partial charge in [-0.1, -0.05) is 0 Å². The fourth-order valence-electron chi connectivity index (χ4n) is 2.87. The highest BCUT2D eigenvalue weighted by Crippen LogP contribution is 2.37. The quantitative estimate of drug-likeness (QED) is 0.582. The van der Waals surface area contributed by atoms with Gasteiger partial charge in [0.05, 0.1) is 40.3 Å². The lowest BCUT2D eigenvalue weighted by molar-refractivity contribution is 0.340. The van der Waals surface area contributed by atoms with Crippen molar-refractivity contribution in [2.75, 3.05) is 35.5 Å². The number of rotatable bonds is 7. The lowest BCUT2D eigenvalue weighted by atomic mass is 10.1. The molecule has 9 heteroatoms. The molecule has 0 amide bonds.